The molecule has 13 heteroatoms. The third-order valence-corrected chi connectivity index (χ3v) is 3.68. The fourth-order valence-corrected chi connectivity index (χ4v) is 2.32. The third-order valence-electron chi connectivity index (χ3n) is 3.68. The van der Waals surface area contributed by atoms with Gasteiger partial charge in [0, 0.05) is 12.7 Å². The first kappa shape index (κ1) is 20.8. The molecule has 4 atom stereocenters. The fraction of sp³-hybridized carbons (Fsp3) is 0.500. The SMILES string of the molecule is O=C(NC/C=C/c1cn([C@@H]2O[C@H](CO)[C@H](O)C2F)c(=O)[nH]c1=O)C(F)(F)F. The molecule has 1 saturated heterocycles. The molecule has 1 unspecified atom stereocenters. The van der Waals surface area contributed by atoms with Crippen LogP contribution in [0.1, 0.15) is 11.8 Å². The van der Waals surface area contributed by atoms with Crippen molar-refractivity contribution in [1.29, 1.82) is 0 Å². The standard InChI is InChI=1S/C14H15F4N3O6/c15-8-9(23)7(5-22)27-11(8)21-4-6(10(24)20-13(21)26)2-1-3-19-12(25)14(16,17)18/h1-2,4,7-9,11,22-23H,3,5H2,(H,19,25)(H,20,24,26)/b2-1+/t7-,8?,9+,11-/m1/s1. The number of aromatic amines is 1. The molecule has 1 fully saturated rings. The Hall–Kier alpha value is -2.51. The smallest absolute Gasteiger partial charge is 0.394 e. The molecule has 1 aromatic rings. The van der Waals surface area contributed by atoms with Gasteiger partial charge in [-0.05, 0) is 0 Å². The van der Waals surface area contributed by atoms with Crippen molar-refractivity contribution in [2.24, 2.45) is 0 Å². The van der Waals surface area contributed by atoms with E-state index in [1.54, 1.807) is 5.32 Å². The van der Waals surface area contributed by atoms with Crippen molar-refractivity contribution < 1.29 is 37.3 Å². The van der Waals surface area contributed by atoms with Crippen molar-refractivity contribution >= 4 is 12.0 Å². The number of carbonyl (C=O) groups excluding carboxylic acids is 1. The van der Waals surface area contributed by atoms with Crippen LogP contribution in [-0.2, 0) is 9.53 Å². The maximum Gasteiger partial charge on any atom is 0.471 e. The van der Waals surface area contributed by atoms with Crippen molar-refractivity contribution in [2.75, 3.05) is 13.2 Å². The van der Waals surface area contributed by atoms with Crippen molar-refractivity contribution in [1.82, 2.24) is 14.9 Å². The van der Waals surface area contributed by atoms with E-state index in [0.29, 0.717) is 4.57 Å². The van der Waals surface area contributed by atoms with Crippen LogP contribution in [0.3, 0.4) is 0 Å². The summed E-state index contributed by atoms with van der Waals surface area (Å²) >= 11 is 0. The van der Waals surface area contributed by atoms with Gasteiger partial charge in [-0.25, -0.2) is 9.18 Å². The molecule has 2 heterocycles. The molecular weight excluding hydrogens is 382 g/mol. The second-order valence-electron chi connectivity index (χ2n) is 5.54. The van der Waals surface area contributed by atoms with Crippen molar-refractivity contribution in [3.05, 3.63) is 38.7 Å². The van der Waals surface area contributed by atoms with E-state index >= 15 is 0 Å². The first-order valence-electron chi connectivity index (χ1n) is 7.51. The molecule has 9 nitrogen and oxygen atoms in total. The maximum absolute atomic E-state index is 14.1. The van der Waals surface area contributed by atoms with Gasteiger partial charge in [0.25, 0.3) is 5.56 Å². The van der Waals surface area contributed by atoms with Crippen LogP contribution < -0.4 is 16.6 Å². The summed E-state index contributed by atoms with van der Waals surface area (Å²) in [4.78, 5) is 36.1. The average molecular weight is 397 g/mol. The Balaban J connectivity index is 2.19. The number of H-pyrrole nitrogens is 1. The average Bonchev–Trinajstić information content (AvgIpc) is 2.87. The zero-order chi connectivity index (χ0) is 20.4. The highest BCUT2D eigenvalue weighted by Crippen LogP contribution is 2.30. The van der Waals surface area contributed by atoms with Gasteiger partial charge in [0.1, 0.15) is 12.2 Å². The third kappa shape index (κ3) is 4.61. The van der Waals surface area contributed by atoms with Crippen molar-refractivity contribution in [3.8, 4) is 0 Å². The molecule has 1 amide bonds. The second kappa shape index (κ2) is 8.02. The molecule has 0 saturated carbocycles. The number of nitrogens with zero attached hydrogens (tertiary/aromatic N) is 1. The summed E-state index contributed by atoms with van der Waals surface area (Å²) in [6.45, 7) is -1.27. The summed E-state index contributed by atoms with van der Waals surface area (Å²) in [5.41, 5.74) is -2.21. The largest absolute Gasteiger partial charge is 0.471 e. The fourth-order valence-electron chi connectivity index (χ4n) is 2.32. The number of carbonyl (C=O) groups is 1. The number of ether oxygens (including phenoxy) is 1. The van der Waals surface area contributed by atoms with Crippen LogP contribution in [-0.4, -0.2) is 63.4 Å². The van der Waals surface area contributed by atoms with E-state index in [1.807, 2.05) is 4.98 Å². The summed E-state index contributed by atoms with van der Waals surface area (Å²) < 4.78 is 55.9. The van der Waals surface area contributed by atoms with Gasteiger partial charge in [0.15, 0.2) is 12.4 Å². The predicted molar refractivity (Wildman–Crippen MR) is 81.3 cm³/mol. The Morgan fingerprint density at radius 1 is 1.41 bits per heavy atom. The highest BCUT2D eigenvalue weighted by Gasteiger charge is 2.45. The van der Waals surface area contributed by atoms with Crippen LogP contribution in [0.4, 0.5) is 17.6 Å². The minimum atomic E-state index is -5.06. The molecule has 2 rings (SSSR count). The second-order valence-corrected chi connectivity index (χ2v) is 5.54. The number of alkyl halides is 4. The zero-order valence-corrected chi connectivity index (χ0v) is 13.4. The summed E-state index contributed by atoms with van der Waals surface area (Å²) in [7, 11) is 0. The first-order chi connectivity index (χ1) is 12.6. The summed E-state index contributed by atoms with van der Waals surface area (Å²) in [6.07, 6.45) is -8.83. The van der Waals surface area contributed by atoms with Gasteiger partial charge in [-0.2, -0.15) is 13.2 Å². The van der Waals surface area contributed by atoms with E-state index in [9.17, 15) is 37.1 Å². The van der Waals surface area contributed by atoms with Crippen LogP contribution >= 0.6 is 0 Å². The molecule has 0 radical (unpaired) electrons. The lowest BCUT2D eigenvalue weighted by Gasteiger charge is -2.16. The Labute approximate surface area is 147 Å². The normalized spacial score (nSPS) is 25.9. The van der Waals surface area contributed by atoms with Crippen LogP contribution in [0.5, 0.6) is 0 Å². The number of hydrogen-bond donors (Lipinski definition) is 4. The molecule has 150 valence electrons. The van der Waals surface area contributed by atoms with Gasteiger partial charge in [0.2, 0.25) is 0 Å². The number of amides is 1. The number of aliphatic hydroxyl groups is 2. The Morgan fingerprint density at radius 3 is 2.63 bits per heavy atom. The molecule has 0 aliphatic carbocycles. The van der Waals surface area contributed by atoms with Crippen LogP contribution in [0.25, 0.3) is 6.08 Å². The Kier molecular flexibility index (Phi) is 6.18. The van der Waals surface area contributed by atoms with Gasteiger partial charge in [-0.1, -0.05) is 12.2 Å². The van der Waals surface area contributed by atoms with Crippen LogP contribution in [0.2, 0.25) is 0 Å². The topological polar surface area (TPSA) is 134 Å². The highest BCUT2D eigenvalue weighted by atomic mass is 19.4. The van der Waals surface area contributed by atoms with E-state index in [4.69, 9.17) is 9.84 Å². The van der Waals surface area contributed by atoms with Gasteiger partial charge >= 0.3 is 17.8 Å². The summed E-state index contributed by atoms with van der Waals surface area (Å²) in [5, 5.41) is 20.2. The lowest BCUT2D eigenvalue weighted by atomic mass is 10.1. The number of halogens is 4. The number of hydrogen-bond acceptors (Lipinski definition) is 6. The molecule has 4 N–H and O–H groups in total. The molecule has 0 aromatic carbocycles. The predicted octanol–water partition coefficient (Wildman–Crippen LogP) is -1.18. The number of nitrogens with one attached hydrogen (secondary N) is 2. The van der Waals surface area contributed by atoms with E-state index in [1.165, 1.54) is 0 Å². The van der Waals surface area contributed by atoms with Gasteiger partial charge < -0.3 is 20.3 Å². The quantitative estimate of drug-likeness (QED) is 0.462. The molecule has 27 heavy (non-hydrogen) atoms. The molecule has 0 bridgehead atoms. The first-order valence-corrected chi connectivity index (χ1v) is 7.51. The Bertz CT molecular complexity index is 833. The molecular formula is C14H15F4N3O6. The minimum absolute atomic E-state index is 0.242. The lowest BCUT2D eigenvalue weighted by molar-refractivity contribution is -0.173. The molecule has 1 aliphatic rings. The molecule has 0 spiro atoms. The zero-order valence-electron chi connectivity index (χ0n) is 13.4. The van der Waals surface area contributed by atoms with E-state index in [2.05, 4.69) is 0 Å². The van der Waals surface area contributed by atoms with Crippen LogP contribution in [0.15, 0.2) is 21.9 Å². The van der Waals surface area contributed by atoms with Crippen molar-refractivity contribution in [3.63, 3.8) is 0 Å². The minimum Gasteiger partial charge on any atom is -0.394 e. The molecule has 1 aromatic heterocycles. The number of rotatable bonds is 5. The molecule has 1 aliphatic heterocycles. The monoisotopic (exact) mass is 397 g/mol. The van der Waals surface area contributed by atoms with E-state index in [0.717, 1.165) is 18.3 Å². The van der Waals surface area contributed by atoms with Crippen LogP contribution in [0, 0.1) is 0 Å². The van der Waals surface area contributed by atoms with E-state index in [-0.39, 0.29) is 5.56 Å². The number of aromatic nitrogens is 2. The van der Waals surface area contributed by atoms with Gasteiger partial charge in [0.05, 0.1) is 12.2 Å². The van der Waals surface area contributed by atoms with Crippen molar-refractivity contribution in [2.45, 2.75) is 30.8 Å². The lowest BCUT2D eigenvalue weighted by Crippen LogP contribution is -2.37. The summed E-state index contributed by atoms with van der Waals surface area (Å²) in [6, 6.07) is 0. The highest BCUT2D eigenvalue weighted by molar-refractivity contribution is 5.81. The Morgan fingerprint density at radius 2 is 2.07 bits per heavy atom. The van der Waals surface area contributed by atoms with Gasteiger partial charge in [-0.15, -0.1) is 0 Å². The van der Waals surface area contributed by atoms with E-state index < -0.39 is 61.1 Å². The maximum atomic E-state index is 14.1. The number of aliphatic hydroxyl groups excluding tert-OH is 2. The summed E-state index contributed by atoms with van der Waals surface area (Å²) in [5.74, 6) is -2.17. The van der Waals surface area contributed by atoms with Gasteiger partial charge in [-0.3, -0.25) is 19.1 Å².